The number of amides is 1. The van der Waals surface area contributed by atoms with E-state index in [0.29, 0.717) is 18.7 Å². The molecule has 1 unspecified atom stereocenters. The first-order chi connectivity index (χ1) is 8.90. The van der Waals surface area contributed by atoms with Crippen LogP contribution in [0.2, 0.25) is 0 Å². The van der Waals surface area contributed by atoms with E-state index in [1.54, 1.807) is 24.0 Å². The Kier molecular flexibility index (Phi) is 3.46. The Bertz CT molecular complexity index is 531. The zero-order valence-electron chi connectivity index (χ0n) is 11.0. The number of aryl methyl sites for hydroxylation is 1. The summed E-state index contributed by atoms with van der Waals surface area (Å²) in [6, 6.07) is 3.60. The van der Waals surface area contributed by atoms with Gasteiger partial charge in [-0.05, 0) is 38.5 Å². The van der Waals surface area contributed by atoms with Gasteiger partial charge in [0.05, 0.1) is 5.41 Å². The summed E-state index contributed by atoms with van der Waals surface area (Å²) >= 11 is 0. The van der Waals surface area contributed by atoms with Crippen LogP contribution in [-0.4, -0.2) is 35.0 Å². The second-order valence-electron chi connectivity index (χ2n) is 5.16. The van der Waals surface area contributed by atoms with Gasteiger partial charge >= 0.3 is 5.97 Å². The van der Waals surface area contributed by atoms with Crippen molar-refractivity contribution in [2.24, 2.45) is 5.41 Å². The molecule has 2 rings (SSSR count). The van der Waals surface area contributed by atoms with E-state index in [9.17, 15) is 9.59 Å². The Hall–Kier alpha value is -2.04. The Balaban J connectivity index is 1.99. The summed E-state index contributed by atoms with van der Waals surface area (Å²) in [6.45, 7) is 4.23. The second kappa shape index (κ2) is 4.91. The van der Waals surface area contributed by atoms with Crippen LogP contribution in [0.1, 0.15) is 24.9 Å². The average Bonchev–Trinajstić information content (AvgIpc) is 2.94. The van der Waals surface area contributed by atoms with Crippen LogP contribution < -0.4 is 0 Å². The smallest absolute Gasteiger partial charge is 0.311 e. The molecule has 1 aliphatic rings. The van der Waals surface area contributed by atoms with Crippen molar-refractivity contribution in [3.05, 3.63) is 29.7 Å². The number of carboxylic acids is 1. The van der Waals surface area contributed by atoms with Crippen LogP contribution in [0.15, 0.2) is 22.6 Å². The van der Waals surface area contributed by atoms with E-state index in [0.717, 1.165) is 5.76 Å². The minimum Gasteiger partial charge on any atom is -0.481 e. The van der Waals surface area contributed by atoms with Crippen molar-refractivity contribution in [2.75, 3.05) is 13.1 Å². The first-order valence-electron chi connectivity index (χ1n) is 6.17. The van der Waals surface area contributed by atoms with E-state index in [1.807, 2.05) is 13.0 Å². The van der Waals surface area contributed by atoms with Gasteiger partial charge < -0.3 is 14.4 Å². The molecule has 0 radical (unpaired) electrons. The second-order valence-corrected chi connectivity index (χ2v) is 5.16. The maximum absolute atomic E-state index is 11.9. The molecule has 5 heteroatoms. The van der Waals surface area contributed by atoms with Crippen LogP contribution in [0.4, 0.5) is 0 Å². The lowest BCUT2D eigenvalue weighted by molar-refractivity contribution is -0.147. The third-order valence-electron chi connectivity index (χ3n) is 3.45. The number of likely N-dealkylation sites (tertiary alicyclic amines) is 1. The van der Waals surface area contributed by atoms with Gasteiger partial charge in [0.2, 0.25) is 5.91 Å². The maximum Gasteiger partial charge on any atom is 0.311 e. The van der Waals surface area contributed by atoms with Gasteiger partial charge in [-0.2, -0.15) is 0 Å². The molecule has 1 atom stereocenters. The molecule has 5 nitrogen and oxygen atoms in total. The summed E-state index contributed by atoms with van der Waals surface area (Å²) in [4.78, 5) is 24.6. The van der Waals surface area contributed by atoms with Gasteiger partial charge in [-0.15, -0.1) is 0 Å². The summed E-state index contributed by atoms with van der Waals surface area (Å²) in [5.74, 6) is 0.366. The van der Waals surface area contributed by atoms with Crippen LogP contribution in [0.3, 0.4) is 0 Å². The predicted molar refractivity (Wildman–Crippen MR) is 69.4 cm³/mol. The fourth-order valence-corrected chi connectivity index (χ4v) is 2.13. The van der Waals surface area contributed by atoms with Crippen molar-refractivity contribution >= 4 is 18.0 Å². The molecule has 1 aliphatic heterocycles. The quantitative estimate of drug-likeness (QED) is 0.846. The molecule has 1 amide bonds. The molecule has 1 aromatic rings. The minimum atomic E-state index is -0.853. The molecular formula is C14H17NO4. The summed E-state index contributed by atoms with van der Waals surface area (Å²) in [7, 11) is 0. The van der Waals surface area contributed by atoms with Crippen molar-refractivity contribution in [1.82, 2.24) is 4.90 Å². The van der Waals surface area contributed by atoms with Gasteiger partial charge in [0, 0.05) is 19.2 Å². The van der Waals surface area contributed by atoms with Crippen molar-refractivity contribution in [1.29, 1.82) is 0 Å². The topological polar surface area (TPSA) is 70.8 Å². The summed E-state index contributed by atoms with van der Waals surface area (Å²) in [6.07, 6.45) is 3.51. The Morgan fingerprint density at radius 1 is 1.47 bits per heavy atom. The van der Waals surface area contributed by atoms with Crippen molar-refractivity contribution in [3.8, 4) is 0 Å². The fraction of sp³-hybridized carbons (Fsp3) is 0.429. The Morgan fingerprint density at radius 3 is 2.74 bits per heavy atom. The van der Waals surface area contributed by atoms with Crippen LogP contribution in [0, 0.1) is 12.3 Å². The highest BCUT2D eigenvalue weighted by Crippen LogP contribution is 2.30. The van der Waals surface area contributed by atoms with Crippen LogP contribution in [0.25, 0.3) is 6.08 Å². The third-order valence-corrected chi connectivity index (χ3v) is 3.45. The van der Waals surface area contributed by atoms with Crippen molar-refractivity contribution < 1.29 is 19.1 Å². The van der Waals surface area contributed by atoms with E-state index in [2.05, 4.69) is 0 Å². The van der Waals surface area contributed by atoms with Crippen molar-refractivity contribution in [3.63, 3.8) is 0 Å². The number of aliphatic carboxylic acids is 1. The Labute approximate surface area is 111 Å². The fourth-order valence-electron chi connectivity index (χ4n) is 2.13. The van der Waals surface area contributed by atoms with E-state index in [4.69, 9.17) is 9.52 Å². The highest BCUT2D eigenvalue weighted by molar-refractivity contribution is 5.92. The molecule has 1 fully saturated rings. The highest BCUT2D eigenvalue weighted by atomic mass is 16.4. The minimum absolute atomic E-state index is 0.181. The standard InChI is InChI=1S/C14H17NO4/c1-10-3-4-11(19-10)5-6-12(16)15-8-7-14(2,9-15)13(17)18/h3-6H,7-9H2,1-2H3,(H,17,18). The number of rotatable bonds is 3. The number of hydrogen-bond donors (Lipinski definition) is 1. The molecule has 1 aromatic heterocycles. The van der Waals surface area contributed by atoms with Crippen LogP contribution in [0.5, 0.6) is 0 Å². The molecular weight excluding hydrogens is 246 g/mol. The van der Waals surface area contributed by atoms with Gasteiger partial charge in [0.15, 0.2) is 0 Å². The number of carboxylic acid groups (broad SMARTS) is 1. The predicted octanol–water partition coefficient (Wildman–Crippen LogP) is 1.92. The highest BCUT2D eigenvalue weighted by Gasteiger charge is 2.41. The molecule has 1 saturated heterocycles. The number of carbonyl (C=O) groups excluding carboxylic acids is 1. The molecule has 0 saturated carbocycles. The molecule has 0 aliphatic carbocycles. The SMILES string of the molecule is Cc1ccc(C=CC(=O)N2CCC(C)(C(=O)O)C2)o1. The van der Waals surface area contributed by atoms with Crippen LogP contribution >= 0.6 is 0 Å². The summed E-state index contributed by atoms with van der Waals surface area (Å²) in [5, 5.41) is 9.11. The van der Waals surface area contributed by atoms with Gasteiger partial charge in [0.1, 0.15) is 11.5 Å². The van der Waals surface area contributed by atoms with Crippen LogP contribution in [-0.2, 0) is 9.59 Å². The molecule has 0 aromatic carbocycles. The van der Waals surface area contributed by atoms with E-state index >= 15 is 0 Å². The molecule has 19 heavy (non-hydrogen) atoms. The zero-order valence-corrected chi connectivity index (χ0v) is 11.0. The summed E-state index contributed by atoms with van der Waals surface area (Å²) in [5.41, 5.74) is -0.829. The van der Waals surface area contributed by atoms with Gasteiger partial charge in [-0.1, -0.05) is 0 Å². The monoisotopic (exact) mass is 263 g/mol. The number of furan rings is 1. The third kappa shape index (κ3) is 2.86. The summed E-state index contributed by atoms with van der Waals surface area (Å²) < 4.78 is 5.32. The molecule has 1 N–H and O–H groups in total. The lowest BCUT2D eigenvalue weighted by Gasteiger charge is -2.18. The number of hydrogen-bond acceptors (Lipinski definition) is 3. The maximum atomic E-state index is 11.9. The van der Waals surface area contributed by atoms with Gasteiger partial charge in [-0.3, -0.25) is 9.59 Å². The first kappa shape index (κ1) is 13.4. The Morgan fingerprint density at radius 2 is 2.21 bits per heavy atom. The van der Waals surface area contributed by atoms with Crippen molar-refractivity contribution in [2.45, 2.75) is 20.3 Å². The lowest BCUT2D eigenvalue weighted by Crippen LogP contribution is -2.34. The lowest BCUT2D eigenvalue weighted by atomic mass is 9.90. The molecule has 0 bridgehead atoms. The largest absolute Gasteiger partial charge is 0.481 e. The normalized spacial score (nSPS) is 23.2. The van der Waals surface area contributed by atoms with Gasteiger partial charge in [0.25, 0.3) is 0 Å². The molecule has 2 heterocycles. The average molecular weight is 263 g/mol. The zero-order chi connectivity index (χ0) is 14.0. The number of carbonyl (C=O) groups is 2. The number of nitrogens with zero attached hydrogens (tertiary/aromatic N) is 1. The molecule has 102 valence electrons. The van der Waals surface area contributed by atoms with E-state index in [1.165, 1.54) is 6.08 Å². The van der Waals surface area contributed by atoms with E-state index < -0.39 is 11.4 Å². The van der Waals surface area contributed by atoms with E-state index in [-0.39, 0.29) is 12.5 Å². The first-order valence-corrected chi connectivity index (χ1v) is 6.17. The molecule has 0 spiro atoms. The van der Waals surface area contributed by atoms with Gasteiger partial charge in [-0.25, -0.2) is 0 Å².